The molecule has 35 heavy (non-hydrogen) atoms. The second-order valence-electron chi connectivity index (χ2n) is 9.74. The summed E-state index contributed by atoms with van der Waals surface area (Å²) in [5, 5.41) is 0.660. The molecule has 2 heterocycles. The van der Waals surface area contributed by atoms with Crippen molar-refractivity contribution in [2.24, 2.45) is 0 Å². The lowest BCUT2D eigenvalue weighted by atomic mass is 9.75. The zero-order valence-electron chi connectivity index (χ0n) is 19.6. The van der Waals surface area contributed by atoms with Crippen LogP contribution in [0.4, 0.5) is 10.1 Å². The van der Waals surface area contributed by atoms with Crippen LogP contribution in [0, 0.1) is 5.82 Å². The van der Waals surface area contributed by atoms with E-state index in [0.717, 1.165) is 31.4 Å². The quantitative estimate of drug-likeness (QED) is 0.582. The number of hydrogen-bond donors (Lipinski definition) is 0. The first-order valence-corrected chi connectivity index (χ1v) is 12.7. The number of piperazine rings is 1. The van der Waals surface area contributed by atoms with Gasteiger partial charge in [-0.1, -0.05) is 54.8 Å². The van der Waals surface area contributed by atoms with Crippen molar-refractivity contribution < 1.29 is 18.8 Å². The van der Waals surface area contributed by atoms with E-state index in [1.165, 1.54) is 11.0 Å². The number of amides is 3. The van der Waals surface area contributed by atoms with E-state index in [2.05, 4.69) is 4.90 Å². The Bertz CT molecular complexity index is 1140. The van der Waals surface area contributed by atoms with E-state index in [9.17, 15) is 14.4 Å². The Morgan fingerprint density at radius 3 is 2.31 bits per heavy atom. The summed E-state index contributed by atoms with van der Waals surface area (Å²) in [6.45, 7) is 2.13. The van der Waals surface area contributed by atoms with E-state index in [1.54, 1.807) is 23.1 Å². The molecule has 2 aromatic carbocycles. The van der Waals surface area contributed by atoms with E-state index in [0.29, 0.717) is 31.2 Å². The van der Waals surface area contributed by atoms with Gasteiger partial charge in [-0.2, -0.15) is 0 Å². The van der Waals surface area contributed by atoms with Gasteiger partial charge >= 0.3 is 0 Å². The fourth-order valence-electron chi connectivity index (χ4n) is 5.86. The van der Waals surface area contributed by atoms with Gasteiger partial charge < -0.3 is 9.80 Å². The molecular weight excluding hydrogens is 469 g/mol. The number of hydrogen-bond acceptors (Lipinski definition) is 4. The second kappa shape index (κ2) is 9.61. The van der Waals surface area contributed by atoms with Crippen molar-refractivity contribution in [3.8, 4) is 0 Å². The number of benzene rings is 2. The number of likely N-dealkylation sites (tertiary alicyclic amines) is 1. The fraction of sp³-hybridized carbons (Fsp3) is 0.444. The summed E-state index contributed by atoms with van der Waals surface area (Å²) in [6.07, 6.45) is 3.07. The van der Waals surface area contributed by atoms with Crippen LogP contribution in [-0.4, -0.2) is 59.7 Å². The van der Waals surface area contributed by atoms with Crippen molar-refractivity contribution in [2.45, 2.75) is 50.0 Å². The first kappa shape index (κ1) is 23.8. The summed E-state index contributed by atoms with van der Waals surface area (Å²) in [5.41, 5.74) is -0.433. The Hall–Kier alpha value is -2.93. The monoisotopic (exact) mass is 497 g/mol. The third-order valence-electron chi connectivity index (χ3n) is 7.71. The Labute approximate surface area is 209 Å². The van der Waals surface area contributed by atoms with Gasteiger partial charge in [0.1, 0.15) is 5.82 Å². The highest BCUT2D eigenvalue weighted by atomic mass is 35.5. The average Bonchev–Trinajstić information content (AvgIpc) is 3.46. The lowest BCUT2D eigenvalue weighted by Gasteiger charge is -2.38. The molecule has 2 aliphatic heterocycles. The Kier molecular flexibility index (Phi) is 6.53. The van der Waals surface area contributed by atoms with E-state index in [4.69, 9.17) is 11.6 Å². The summed E-state index contributed by atoms with van der Waals surface area (Å²) in [6, 6.07) is 13.5. The summed E-state index contributed by atoms with van der Waals surface area (Å²) in [7, 11) is 0. The van der Waals surface area contributed by atoms with Gasteiger partial charge in [-0.25, -0.2) is 4.39 Å². The summed E-state index contributed by atoms with van der Waals surface area (Å²) in [4.78, 5) is 45.6. The van der Waals surface area contributed by atoms with Gasteiger partial charge in [0.15, 0.2) is 0 Å². The van der Waals surface area contributed by atoms with E-state index >= 15 is 4.39 Å². The smallest absolute Gasteiger partial charge is 0.241 e. The van der Waals surface area contributed by atoms with Gasteiger partial charge in [0.2, 0.25) is 17.7 Å². The third kappa shape index (κ3) is 4.31. The Morgan fingerprint density at radius 1 is 0.971 bits per heavy atom. The molecule has 3 amide bonds. The molecule has 184 valence electrons. The Morgan fingerprint density at radius 2 is 1.63 bits per heavy atom. The van der Waals surface area contributed by atoms with Crippen LogP contribution in [0.2, 0.25) is 5.02 Å². The van der Waals surface area contributed by atoms with Gasteiger partial charge in [0, 0.05) is 50.6 Å². The molecule has 2 saturated heterocycles. The molecule has 1 unspecified atom stereocenters. The summed E-state index contributed by atoms with van der Waals surface area (Å²) < 4.78 is 15.0. The average molecular weight is 498 g/mol. The van der Waals surface area contributed by atoms with Crippen molar-refractivity contribution in [3.05, 3.63) is 64.9 Å². The second-order valence-corrected chi connectivity index (χ2v) is 10.1. The number of nitrogens with zero attached hydrogens (tertiary/aromatic N) is 3. The van der Waals surface area contributed by atoms with E-state index < -0.39 is 17.1 Å². The SMILES string of the molecule is O=C(CC1(c2ccccc2F)CC(=O)N(C2CCCC2)C1=O)N1CCN(c2ccccc2Cl)CC1. The van der Waals surface area contributed by atoms with Gasteiger partial charge in [-0.05, 0) is 31.0 Å². The zero-order valence-corrected chi connectivity index (χ0v) is 20.3. The van der Waals surface area contributed by atoms with Crippen LogP contribution in [0.25, 0.3) is 0 Å². The molecule has 1 saturated carbocycles. The molecule has 0 N–H and O–H groups in total. The lowest BCUT2D eigenvalue weighted by Crippen LogP contribution is -2.51. The molecule has 0 aromatic heterocycles. The Balaban J connectivity index is 1.38. The molecule has 0 radical (unpaired) electrons. The van der Waals surface area contributed by atoms with E-state index in [1.807, 2.05) is 24.3 Å². The molecule has 6 nitrogen and oxygen atoms in total. The molecule has 3 aliphatic rings. The highest BCUT2D eigenvalue weighted by Gasteiger charge is 2.56. The van der Waals surface area contributed by atoms with Crippen molar-refractivity contribution in [1.29, 1.82) is 0 Å². The molecule has 2 aromatic rings. The number of para-hydroxylation sites is 1. The lowest BCUT2D eigenvalue weighted by molar-refractivity contribution is -0.144. The molecular formula is C27H29ClFN3O3. The molecule has 0 spiro atoms. The predicted molar refractivity (Wildman–Crippen MR) is 132 cm³/mol. The summed E-state index contributed by atoms with van der Waals surface area (Å²) in [5.74, 6) is -1.52. The molecule has 1 atom stereocenters. The van der Waals surface area contributed by atoms with Gasteiger partial charge in [-0.15, -0.1) is 0 Å². The summed E-state index contributed by atoms with van der Waals surface area (Å²) >= 11 is 6.34. The minimum Gasteiger partial charge on any atom is -0.367 e. The highest BCUT2D eigenvalue weighted by molar-refractivity contribution is 6.33. The van der Waals surface area contributed by atoms with Crippen LogP contribution in [0.1, 0.15) is 44.1 Å². The van der Waals surface area contributed by atoms with Crippen molar-refractivity contribution in [1.82, 2.24) is 9.80 Å². The maximum absolute atomic E-state index is 15.0. The van der Waals surface area contributed by atoms with Crippen molar-refractivity contribution in [3.63, 3.8) is 0 Å². The fourth-order valence-corrected chi connectivity index (χ4v) is 6.12. The number of imide groups is 1. The number of anilines is 1. The van der Waals surface area contributed by atoms with Crippen molar-refractivity contribution in [2.75, 3.05) is 31.1 Å². The molecule has 3 fully saturated rings. The predicted octanol–water partition coefficient (Wildman–Crippen LogP) is 4.16. The topological polar surface area (TPSA) is 60.9 Å². The van der Waals surface area contributed by atoms with Crippen LogP contribution < -0.4 is 4.90 Å². The van der Waals surface area contributed by atoms with Gasteiger partial charge in [0.05, 0.1) is 16.1 Å². The minimum absolute atomic E-state index is 0.141. The van der Waals surface area contributed by atoms with Gasteiger partial charge in [0.25, 0.3) is 0 Å². The largest absolute Gasteiger partial charge is 0.367 e. The van der Waals surface area contributed by atoms with Crippen LogP contribution >= 0.6 is 11.6 Å². The first-order valence-electron chi connectivity index (χ1n) is 12.3. The first-order chi connectivity index (χ1) is 16.9. The number of carbonyl (C=O) groups is 3. The standard InChI is InChI=1S/C27H29ClFN3O3/c28-21-10-4-6-12-23(21)30-13-15-31(16-14-30)24(33)17-27(20-9-3-5-11-22(20)29)18-25(34)32(26(27)35)19-7-1-2-8-19/h3-6,9-12,19H,1-2,7-8,13-18H2. The van der Waals surface area contributed by atoms with Gasteiger partial charge in [-0.3, -0.25) is 19.3 Å². The molecule has 0 bridgehead atoms. The number of carbonyl (C=O) groups excluding carboxylic acids is 3. The van der Waals surface area contributed by atoms with Crippen molar-refractivity contribution >= 4 is 35.0 Å². The molecule has 8 heteroatoms. The van der Waals surface area contributed by atoms with E-state index in [-0.39, 0.29) is 36.3 Å². The van der Waals surface area contributed by atoms with Crippen LogP contribution in [-0.2, 0) is 19.8 Å². The van der Waals surface area contributed by atoms with Crippen LogP contribution in [0.5, 0.6) is 0 Å². The minimum atomic E-state index is -1.50. The maximum Gasteiger partial charge on any atom is 0.241 e. The number of rotatable bonds is 5. The highest BCUT2D eigenvalue weighted by Crippen LogP contribution is 2.44. The number of halogens is 2. The maximum atomic E-state index is 15.0. The normalized spacial score (nSPS) is 23.4. The van der Waals surface area contributed by atoms with Crippen LogP contribution in [0.3, 0.4) is 0 Å². The zero-order chi connectivity index (χ0) is 24.6. The molecule has 5 rings (SSSR count). The third-order valence-corrected chi connectivity index (χ3v) is 8.03. The molecule has 1 aliphatic carbocycles. The van der Waals surface area contributed by atoms with Crippen LogP contribution in [0.15, 0.2) is 48.5 Å².